The third kappa shape index (κ3) is 7.96. The molecule has 0 unspecified atom stereocenters. The molecule has 1 aromatic carbocycles. The first-order chi connectivity index (χ1) is 25.9. The van der Waals surface area contributed by atoms with E-state index in [1.54, 1.807) is 0 Å². The van der Waals surface area contributed by atoms with Gasteiger partial charge in [-0.25, -0.2) is 4.79 Å². The minimum absolute atomic E-state index is 0.176. The van der Waals surface area contributed by atoms with Crippen molar-refractivity contribution in [1.29, 1.82) is 0 Å². The standard InChI is InChI=1S/C47H68O7/c1-5-6-8-17-35-21-22-37(29-35)45(4)27-25-40(49)47(39(48)23-20-33(2)14-13-18-34-15-9-7-10-16-34)43(45)38-31-44(3,26-12-11-19-41(50)54-38)46(47,52)28-24-36-30-42(51)53-32-36/h7,9-10,15-16,30,33,35,37-40,43,48-49,52H,5-6,8,11,13-14,17-25,27-29,31-32H2,1-4H3/t33-,35+,37-,38-,39-,40-,43+,44+,45+,46-,47+/m1/s1. The lowest BCUT2D eigenvalue weighted by molar-refractivity contribution is -0.337. The highest BCUT2D eigenvalue weighted by molar-refractivity contribution is 5.85. The van der Waals surface area contributed by atoms with E-state index in [9.17, 15) is 24.9 Å². The molecular formula is C47H68O7. The van der Waals surface area contributed by atoms with Gasteiger partial charge in [0.2, 0.25) is 0 Å². The first-order valence-electron chi connectivity index (χ1n) is 21.5. The summed E-state index contributed by atoms with van der Waals surface area (Å²) in [5.41, 5.74) is -2.45. The number of hydrogen-bond donors (Lipinski definition) is 3. The maximum absolute atomic E-state index is 13.9. The highest BCUT2D eigenvalue weighted by Gasteiger charge is 2.77. The van der Waals surface area contributed by atoms with Crippen LogP contribution in [0.15, 0.2) is 42.0 Å². The summed E-state index contributed by atoms with van der Waals surface area (Å²) < 4.78 is 11.8. The van der Waals surface area contributed by atoms with Crippen LogP contribution in [-0.4, -0.2) is 57.8 Å². The minimum Gasteiger partial charge on any atom is -0.462 e. The van der Waals surface area contributed by atoms with Crippen LogP contribution in [0.5, 0.6) is 0 Å². The average molecular weight is 745 g/mol. The molecule has 11 atom stereocenters. The van der Waals surface area contributed by atoms with E-state index in [0.717, 1.165) is 56.9 Å². The molecule has 54 heavy (non-hydrogen) atoms. The number of carbonyl (C=O) groups excluding carboxylic acids is 2. The van der Waals surface area contributed by atoms with Gasteiger partial charge in [0.25, 0.3) is 0 Å². The Hall–Kier alpha value is -2.66. The van der Waals surface area contributed by atoms with Gasteiger partial charge in [-0.15, -0.1) is 5.92 Å². The predicted molar refractivity (Wildman–Crippen MR) is 211 cm³/mol. The normalized spacial score (nSPS) is 37.4. The fraction of sp³-hybridized carbons (Fsp3) is 0.745. The van der Waals surface area contributed by atoms with Crippen LogP contribution < -0.4 is 0 Å². The molecule has 0 saturated heterocycles. The number of cyclic esters (lactones) is 1. The van der Waals surface area contributed by atoms with Gasteiger partial charge < -0.3 is 24.8 Å². The zero-order chi connectivity index (χ0) is 38.6. The van der Waals surface area contributed by atoms with Crippen molar-refractivity contribution in [3.8, 4) is 11.8 Å². The zero-order valence-electron chi connectivity index (χ0n) is 33.6. The summed E-state index contributed by atoms with van der Waals surface area (Å²) in [4.78, 5) is 25.7. The van der Waals surface area contributed by atoms with Gasteiger partial charge in [-0.2, -0.15) is 0 Å². The van der Waals surface area contributed by atoms with Crippen LogP contribution in [0.2, 0.25) is 0 Å². The number of esters is 2. The number of aryl methyl sites for hydroxylation is 1. The van der Waals surface area contributed by atoms with Crippen molar-refractivity contribution in [1.82, 2.24) is 0 Å². The lowest BCUT2D eigenvalue weighted by atomic mass is 9.35. The molecule has 2 heterocycles. The van der Waals surface area contributed by atoms with Crippen LogP contribution in [0.4, 0.5) is 0 Å². The van der Waals surface area contributed by atoms with Crippen LogP contribution in [0.3, 0.4) is 0 Å². The summed E-state index contributed by atoms with van der Waals surface area (Å²) in [6.45, 7) is 8.96. The molecule has 3 saturated carbocycles. The Morgan fingerprint density at radius 1 is 1.00 bits per heavy atom. The van der Waals surface area contributed by atoms with Crippen LogP contribution in [0, 0.1) is 51.8 Å². The number of carbonyl (C=O) groups is 2. The van der Waals surface area contributed by atoms with E-state index < -0.39 is 46.1 Å². The molecule has 3 aliphatic carbocycles. The molecule has 2 aliphatic heterocycles. The molecule has 7 nitrogen and oxygen atoms in total. The summed E-state index contributed by atoms with van der Waals surface area (Å²) in [7, 11) is 0. The molecule has 0 spiro atoms. The molecule has 3 fully saturated rings. The van der Waals surface area contributed by atoms with Gasteiger partial charge in [-0.3, -0.25) is 4.79 Å². The number of ether oxygens (including phenoxy) is 2. The molecule has 298 valence electrons. The SMILES string of the molecule is CCCCC[C@H]1CC[C@@H]([C@]2(C)CC[C@@H](O)[C@@]3([C@H](O)CC[C@H](C)CCCc4ccccc4)[C@H]2[C@H]2C[C@](C)(C#CCCC(=O)O2)[C@]3(O)CCC2=CC(=O)OC2)C1. The second-order valence-corrected chi connectivity index (χ2v) is 18.6. The van der Waals surface area contributed by atoms with Crippen LogP contribution in [0.25, 0.3) is 0 Å². The van der Waals surface area contributed by atoms with Gasteiger partial charge in [-0.1, -0.05) is 95.5 Å². The largest absolute Gasteiger partial charge is 0.462 e. The van der Waals surface area contributed by atoms with E-state index in [1.807, 2.05) is 13.0 Å². The van der Waals surface area contributed by atoms with Gasteiger partial charge >= 0.3 is 11.9 Å². The van der Waals surface area contributed by atoms with E-state index >= 15 is 0 Å². The molecule has 6 rings (SSSR count). The number of hydrogen-bond acceptors (Lipinski definition) is 7. The van der Waals surface area contributed by atoms with Gasteiger partial charge in [0.15, 0.2) is 0 Å². The number of aliphatic hydroxyl groups is 3. The Labute approximate surface area is 325 Å². The Balaban J connectivity index is 1.40. The zero-order valence-corrected chi connectivity index (χ0v) is 33.6. The highest BCUT2D eigenvalue weighted by Crippen LogP contribution is 2.72. The summed E-state index contributed by atoms with van der Waals surface area (Å²) in [5, 5.41) is 39.8. The maximum Gasteiger partial charge on any atom is 0.331 e. The van der Waals surface area contributed by atoms with Crippen LogP contribution in [0.1, 0.15) is 149 Å². The van der Waals surface area contributed by atoms with Crippen molar-refractivity contribution >= 4 is 11.9 Å². The maximum atomic E-state index is 13.9. The quantitative estimate of drug-likeness (QED) is 0.0883. The lowest BCUT2D eigenvalue weighted by Gasteiger charge is -2.71. The lowest BCUT2D eigenvalue weighted by Crippen LogP contribution is -2.79. The van der Waals surface area contributed by atoms with E-state index in [0.29, 0.717) is 49.9 Å². The Bertz CT molecular complexity index is 1540. The van der Waals surface area contributed by atoms with Crippen molar-refractivity contribution in [3.63, 3.8) is 0 Å². The van der Waals surface area contributed by atoms with Crippen molar-refractivity contribution in [2.75, 3.05) is 6.61 Å². The number of unbranched alkanes of at least 4 members (excludes halogenated alkanes) is 2. The third-order valence-corrected chi connectivity index (χ3v) is 15.2. The first-order valence-corrected chi connectivity index (χ1v) is 21.5. The topological polar surface area (TPSA) is 113 Å². The summed E-state index contributed by atoms with van der Waals surface area (Å²) in [5.74, 6) is 6.83. The van der Waals surface area contributed by atoms with Gasteiger partial charge in [-0.05, 0) is 105 Å². The van der Waals surface area contributed by atoms with Gasteiger partial charge in [0.05, 0.1) is 35.1 Å². The molecule has 0 aromatic heterocycles. The predicted octanol–water partition coefficient (Wildman–Crippen LogP) is 8.66. The molecule has 0 radical (unpaired) electrons. The summed E-state index contributed by atoms with van der Waals surface area (Å²) in [6, 6.07) is 10.5. The molecule has 0 amide bonds. The Morgan fingerprint density at radius 2 is 1.80 bits per heavy atom. The van der Waals surface area contributed by atoms with Crippen molar-refractivity contribution in [2.24, 2.45) is 39.9 Å². The number of rotatable bonds is 16. The van der Waals surface area contributed by atoms with E-state index in [1.165, 1.54) is 37.3 Å². The average Bonchev–Trinajstić information content (AvgIpc) is 3.82. The molecule has 7 heteroatoms. The number of benzene rings is 1. The minimum atomic E-state index is -1.66. The monoisotopic (exact) mass is 744 g/mol. The fourth-order valence-electron chi connectivity index (χ4n) is 12.2. The molecular weight excluding hydrogens is 677 g/mol. The van der Waals surface area contributed by atoms with E-state index in [4.69, 9.17) is 9.47 Å². The van der Waals surface area contributed by atoms with Crippen LogP contribution in [-0.2, 0) is 25.5 Å². The number of fused-ring (bicyclic) bond motifs is 4. The molecule has 3 N–H and O–H groups in total. The third-order valence-electron chi connectivity index (χ3n) is 15.2. The Kier molecular flexibility index (Phi) is 13.1. The van der Waals surface area contributed by atoms with E-state index in [2.05, 4.69) is 56.9 Å². The molecule has 2 bridgehead atoms. The van der Waals surface area contributed by atoms with Crippen LogP contribution >= 0.6 is 0 Å². The Morgan fingerprint density at radius 3 is 2.54 bits per heavy atom. The second kappa shape index (κ2) is 17.2. The molecule has 1 aromatic rings. The van der Waals surface area contributed by atoms with Gasteiger partial charge in [0, 0.05) is 24.8 Å². The van der Waals surface area contributed by atoms with E-state index in [-0.39, 0.29) is 31.4 Å². The van der Waals surface area contributed by atoms with Gasteiger partial charge in [0.1, 0.15) is 12.7 Å². The highest BCUT2D eigenvalue weighted by atomic mass is 16.5. The summed E-state index contributed by atoms with van der Waals surface area (Å²) in [6.07, 6.45) is 13.8. The smallest absolute Gasteiger partial charge is 0.331 e. The second-order valence-electron chi connectivity index (χ2n) is 18.6. The first kappa shape index (κ1) is 41.0. The van der Waals surface area contributed by atoms with Crippen molar-refractivity contribution in [3.05, 3.63) is 47.5 Å². The number of aliphatic hydroxyl groups excluding tert-OH is 2. The molecule has 5 aliphatic rings. The van der Waals surface area contributed by atoms with Crippen molar-refractivity contribution in [2.45, 2.75) is 174 Å². The summed E-state index contributed by atoms with van der Waals surface area (Å²) >= 11 is 0. The fourth-order valence-corrected chi connectivity index (χ4v) is 12.2. The van der Waals surface area contributed by atoms with Crippen molar-refractivity contribution < 1.29 is 34.4 Å².